The molecule has 0 spiro atoms. The van der Waals surface area contributed by atoms with Crippen LogP contribution in [0.4, 0.5) is 0 Å². The second kappa shape index (κ2) is 10.7. The number of aromatic nitrogens is 3. The molecule has 0 aliphatic rings. The molecule has 1 atom stereocenters. The van der Waals surface area contributed by atoms with Crippen molar-refractivity contribution < 1.29 is 9.53 Å². The van der Waals surface area contributed by atoms with Crippen LogP contribution >= 0.6 is 27.7 Å². The SMILES string of the molecule is COCCn1c(SCC(=O)N[C@H](C)c2ccc(Br)cc2)nnc1-c1cccc(C)c1. The summed E-state index contributed by atoms with van der Waals surface area (Å²) in [5.74, 6) is 0.996. The number of benzene rings is 2. The van der Waals surface area contributed by atoms with E-state index in [1.165, 1.54) is 11.8 Å². The first-order valence-corrected chi connectivity index (χ1v) is 11.4. The molecule has 0 fully saturated rings. The molecular weight excluding hydrogens is 464 g/mol. The highest BCUT2D eigenvalue weighted by Crippen LogP contribution is 2.25. The van der Waals surface area contributed by atoms with Gasteiger partial charge >= 0.3 is 0 Å². The highest BCUT2D eigenvalue weighted by atomic mass is 79.9. The van der Waals surface area contributed by atoms with Gasteiger partial charge in [0.05, 0.1) is 24.9 Å². The van der Waals surface area contributed by atoms with E-state index < -0.39 is 0 Å². The number of nitrogens with zero attached hydrogens (tertiary/aromatic N) is 3. The zero-order valence-electron chi connectivity index (χ0n) is 17.3. The van der Waals surface area contributed by atoms with Crippen molar-refractivity contribution in [2.75, 3.05) is 19.5 Å². The fraction of sp³-hybridized carbons (Fsp3) is 0.318. The smallest absolute Gasteiger partial charge is 0.230 e. The highest BCUT2D eigenvalue weighted by Gasteiger charge is 2.17. The van der Waals surface area contributed by atoms with Gasteiger partial charge in [-0.2, -0.15) is 0 Å². The summed E-state index contributed by atoms with van der Waals surface area (Å²) in [6.07, 6.45) is 0. The Balaban J connectivity index is 1.68. The number of thioether (sulfide) groups is 1. The Morgan fingerprint density at radius 3 is 2.70 bits per heavy atom. The average Bonchev–Trinajstić information content (AvgIpc) is 3.14. The molecule has 0 aliphatic heterocycles. The third-order valence-corrected chi connectivity index (χ3v) is 6.09. The predicted octanol–water partition coefficient (Wildman–Crippen LogP) is 4.63. The number of carbonyl (C=O) groups is 1. The zero-order chi connectivity index (χ0) is 21.5. The maximum atomic E-state index is 12.5. The molecular formula is C22H25BrN4O2S. The number of hydrogen-bond acceptors (Lipinski definition) is 5. The second-order valence-corrected chi connectivity index (χ2v) is 8.81. The Labute approximate surface area is 189 Å². The maximum Gasteiger partial charge on any atom is 0.230 e. The van der Waals surface area contributed by atoms with Crippen molar-refractivity contribution in [2.24, 2.45) is 0 Å². The minimum atomic E-state index is -0.0691. The predicted molar refractivity (Wildman–Crippen MR) is 123 cm³/mol. The van der Waals surface area contributed by atoms with Gasteiger partial charge < -0.3 is 10.1 Å². The molecule has 0 saturated carbocycles. The molecule has 0 unspecified atom stereocenters. The van der Waals surface area contributed by atoms with Crippen molar-refractivity contribution in [2.45, 2.75) is 31.6 Å². The molecule has 30 heavy (non-hydrogen) atoms. The van der Waals surface area contributed by atoms with E-state index >= 15 is 0 Å². The molecule has 8 heteroatoms. The van der Waals surface area contributed by atoms with Crippen LogP contribution in [0.25, 0.3) is 11.4 Å². The number of nitrogens with one attached hydrogen (secondary N) is 1. The summed E-state index contributed by atoms with van der Waals surface area (Å²) in [4.78, 5) is 12.5. The summed E-state index contributed by atoms with van der Waals surface area (Å²) in [5.41, 5.74) is 3.21. The number of carbonyl (C=O) groups excluding carboxylic acids is 1. The van der Waals surface area contributed by atoms with E-state index in [1.54, 1.807) is 7.11 Å². The molecule has 0 bridgehead atoms. The van der Waals surface area contributed by atoms with E-state index in [2.05, 4.69) is 37.5 Å². The van der Waals surface area contributed by atoms with Crippen LogP contribution < -0.4 is 5.32 Å². The van der Waals surface area contributed by atoms with Crippen LogP contribution in [0.2, 0.25) is 0 Å². The Bertz CT molecular complexity index is 991. The maximum absolute atomic E-state index is 12.5. The molecule has 1 heterocycles. The summed E-state index contributed by atoms with van der Waals surface area (Å²) in [5, 5.41) is 12.4. The first-order chi connectivity index (χ1) is 14.5. The Morgan fingerprint density at radius 1 is 1.23 bits per heavy atom. The van der Waals surface area contributed by atoms with Gasteiger partial charge in [-0.15, -0.1) is 10.2 Å². The van der Waals surface area contributed by atoms with Crippen LogP contribution in [0.15, 0.2) is 58.2 Å². The van der Waals surface area contributed by atoms with Gasteiger partial charge in [-0.05, 0) is 37.6 Å². The van der Waals surface area contributed by atoms with Gasteiger partial charge in [0.2, 0.25) is 5.91 Å². The minimum Gasteiger partial charge on any atom is -0.383 e. The Kier molecular flexibility index (Phi) is 8.07. The first-order valence-electron chi connectivity index (χ1n) is 9.64. The number of hydrogen-bond donors (Lipinski definition) is 1. The minimum absolute atomic E-state index is 0.0474. The van der Waals surface area contributed by atoms with Crippen LogP contribution in [0.3, 0.4) is 0 Å². The molecule has 3 aromatic rings. The van der Waals surface area contributed by atoms with Crippen molar-refractivity contribution in [1.82, 2.24) is 20.1 Å². The van der Waals surface area contributed by atoms with Crippen LogP contribution in [-0.4, -0.2) is 40.1 Å². The third-order valence-electron chi connectivity index (χ3n) is 4.59. The quantitative estimate of drug-likeness (QED) is 0.444. The van der Waals surface area contributed by atoms with Crippen LogP contribution in [0.1, 0.15) is 24.1 Å². The van der Waals surface area contributed by atoms with Gasteiger partial charge in [0.1, 0.15) is 0 Å². The topological polar surface area (TPSA) is 69.0 Å². The lowest BCUT2D eigenvalue weighted by Gasteiger charge is -2.14. The number of amides is 1. The molecule has 0 radical (unpaired) electrons. The lowest BCUT2D eigenvalue weighted by atomic mass is 10.1. The van der Waals surface area contributed by atoms with Gasteiger partial charge in [-0.25, -0.2) is 0 Å². The van der Waals surface area contributed by atoms with E-state index in [0.717, 1.165) is 27.0 Å². The molecule has 6 nitrogen and oxygen atoms in total. The van der Waals surface area contributed by atoms with E-state index in [0.29, 0.717) is 18.3 Å². The van der Waals surface area contributed by atoms with E-state index in [1.807, 2.05) is 60.9 Å². The van der Waals surface area contributed by atoms with Crippen LogP contribution in [0, 0.1) is 6.92 Å². The second-order valence-electron chi connectivity index (χ2n) is 6.95. The van der Waals surface area contributed by atoms with Gasteiger partial charge in [-0.1, -0.05) is 63.6 Å². The summed E-state index contributed by atoms with van der Waals surface area (Å²) >= 11 is 4.81. The molecule has 158 valence electrons. The largest absolute Gasteiger partial charge is 0.383 e. The normalized spacial score (nSPS) is 12.0. The third kappa shape index (κ3) is 5.93. The van der Waals surface area contributed by atoms with Crippen molar-refractivity contribution in [3.05, 3.63) is 64.1 Å². The molecule has 1 amide bonds. The molecule has 0 saturated heterocycles. The monoisotopic (exact) mass is 488 g/mol. The molecule has 3 rings (SSSR count). The number of ether oxygens (including phenoxy) is 1. The van der Waals surface area contributed by atoms with Crippen molar-refractivity contribution >= 4 is 33.6 Å². The summed E-state index contributed by atoms with van der Waals surface area (Å²) in [6.45, 7) is 5.18. The first kappa shape index (κ1) is 22.5. The summed E-state index contributed by atoms with van der Waals surface area (Å²) < 4.78 is 8.27. The van der Waals surface area contributed by atoms with Crippen molar-refractivity contribution in [3.8, 4) is 11.4 Å². The Hall–Kier alpha value is -2.16. The molecule has 1 N–H and O–H groups in total. The number of aryl methyl sites for hydroxylation is 1. The van der Waals surface area contributed by atoms with Crippen LogP contribution in [-0.2, 0) is 16.1 Å². The molecule has 0 aliphatic carbocycles. The standard InChI is InChI=1S/C22H25BrN4O2S/c1-15-5-4-6-18(13-15)21-25-26-22(27(21)11-12-29-3)30-14-20(28)24-16(2)17-7-9-19(23)10-8-17/h4-10,13,16H,11-12,14H2,1-3H3,(H,24,28)/t16-/m1/s1. The van der Waals surface area contributed by atoms with Gasteiger partial charge in [-0.3, -0.25) is 9.36 Å². The number of methoxy groups -OCH3 is 1. The van der Waals surface area contributed by atoms with Crippen molar-refractivity contribution in [3.63, 3.8) is 0 Å². The van der Waals surface area contributed by atoms with E-state index in [-0.39, 0.29) is 17.7 Å². The molecule has 2 aromatic carbocycles. The summed E-state index contributed by atoms with van der Waals surface area (Å²) in [6, 6.07) is 16.0. The lowest BCUT2D eigenvalue weighted by Crippen LogP contribution is -2.28. The fourth-order valence-corrected chi connectivity index (χ4v) is 4.07. The zero-order valence-corrected chi connectivity index (χ0v) is 19.7. The Morgan fingerprint density at radius 2 is 2.00 bits per heavy atom. The average molecular weight is 489 g/mol. The highest BCUT2D eigenvalue weighted by molar-refractivity contribution is 9.10. The van der Waals surface area contributed by atoms with Crippen molar-refractivity contribution in [1.29, 1.82) is 0 Å². The number of halogens is 1. The van der Waals surface area contributed by atoms with Crippen LogP contribution in [0.5, 0.6) is 0 Å². The number of rotatable bonds is 9. The fourth-order valence-electron chi connectivity index (χ4n) is 3.03. The summed E-state index contributed by atoms with van der Waals surface area (Å²) in [7, 11) is 1.67. The van der Waals surface area contributed by atoms with E-state index in [4.69, 9.17) is 4.74 Å². The molecule has 1 aromatic heterocycles. The van der Waals surface area contributed by atoms with E-state index in [9.17, 15) is 4.79 Å². The van der Waals surface area contributed by atoms with Gasteiger partial charge in [0.15, 0.2) is 11.0 Å². The van der Waals surface area contributed by atoms with Gasteiger partial charge in [0.25, 0.3) is 0 Å². The lowest BCUT2D eigenvalue weighted by molar-refractivity contribution is -0.119. The van der Waals surface area contributed by atoms with Gasteiger partial charge in [0, 0.05) is 17.1 Å².